The molecule has 1 aliphatic rings. The van der Waals surface area contributed by atoms with E-state index in [0.717, 1.165) is 24.0 Å². The lowest BCUT2D eigenvalue weighted by atomic mass is 9.95. The van der Waals surface area contributed by atoms with Gasteiger partial charge in [0.1, 0.15) is 5.54 Å². The first kappa shape index (κ1) is 18.4. The Kier molecular flexibility index (Phi) is 5.57. The van der Waals surface area contributed by atoms with Crippen molar-refractivity contribution in [1.29, 1.82) is 0 Å². The number of pyridine rings is 1. The molecule has 0 aliphatic heterocycles. The summed E-state index contributed by atoms with van der Waals surface area (Å²) in [5.41, 5.74) is 1.38. The molecule has 0 spiro atoms. The van der Waals surface area contributed by atoms with Crippen LogP contribution in [0.5, 0.6) is 0 Å². The topological polar surface area (TPSA) is 71.1 Å². The van der Waals surface area contributed by atoms with Crippen molar-refractivity contribution < 1.29 is 9.59 Å². The largest absolute Gasteiger partial charge is 0.354 e. The maximum atomic E-state index is 12.8. The monoisotopic (exact) mass is 371 g/mol. The molecule has 1 aliphatic carbocycles. The lowest BCUT2D eigenvalue weighted by Crippen LogP contribution is -2.57. The van der Waals surface area contributed by atoms with Gasteiger partial charge in [0.05, 0.1) is 5.56 Å². The van der Waals surface area contributed by atoms with Gasteiger partial charge in [0.25, 0.3) is 5.91 Å². The molecule has 0 atom stereocenters. The summed E-state index contributed by atoms with van der Waals surface area (Å²) >= 11 is 5.93. The number of nitrogens with zero attached hydrogens (tertiary/aromatic N) is 1. The predicted octanol–water partition coefficient (Wildman–Crippen LogP) is 3.58. The van der Waals surface area contributed by atoms with Crippen LogP contribution in [0.3, 0.4) is 0 Å². The third kappa shape index (κ3) is 3.88. The third-order valence-electron chi connectivity index (χ3n) is 4.76. The highest BCUT2D eigenvalue weighted by Gasteiger charge is 2.42. The minimum absolute atomic E-state index is 0.104. The SMILES string of the molecule is CCNC(=O)C1(NC(=O)c2cncc(-c3ccc(Cl)cc3)c2)CCCC1. The van der Waals surface area contributed by atoms with E-state index in [1.54, 1.807) is 24.4 Å². The van der Waals surface area contributed by atoms with E-state index in [4.69, 9.17) is 11.6 Å². The van der Waals surface area contributed by atoms with Crippen molar-refractivity contribution in [3.63, 3.8) is 0 Å². The number of carbonyl (C=O) groups excluding carboxylic acids is 2. The Morgan fingerprint density at radius 1 is 1.12 bits per heavy atom. The van der Waals surface area contributed by atoms with E-state index in [2.05, 4.69) is 15.6 Å². The highest BCUT2D eigenvalue weighted by molar-refractivity contribution is 6.30. The summed E-state index contributed by atoms with van der Waals surface area (Å²) in [5, 5.41) is 6.47. The molecule has 6 heteroatoms. The van der Waals surface area contributed by atoms with Crippen molar-refractivity contribution >= 4 is 23.4 Å². The summed E-state index contributed by atoms with van der Waals surface area (Å²) in [6.07, 6.45) is 6.41. The van der Waals surface area contributed by atoms with E-state index in [9.17, 15) is 9.59 Å². The minimum atomic E-state index is -0.816. The van der Waals surface area contributed by atoms with Gasteiger partial charge in [-0.25, -0.2) is 0 Å². The number of rotatable bonds is 5. The minimum Gasteiger partial charge on any atom is -0.354 e. The quantitative estimate of drug-likeness (QED) is 0.843. The van der Waals surface area contributed by atoms with Crippen LogP contribution in [0.1, 0.15) is 43.0 Å². The number of likely N-dealkylation sites (N-methyl/N-ethyl adjacent to an activating group) is 1. The number of hydrogen-bond donors (Lipinski definition) is 2. The van der Waals surface area contributed by atoms with Crippen LogP contribution in [0.2, 0.25) is 5.02 Å². The molecule has 0 saturated heterocycles. The number of hydrogen-bond acceptors (Lipinski definition) is 3. The zero-order chi connectivity index (χ0) is 18.6. The number of amides is 2. The van der Waals surface area contributed by atoms with Crippen LogP contribution in [0.15, 0.2) is 42.7 Å². The molecule has 0 radical (unpaired) electrons. The number of nitrogens with one attached hydrogen (secondary N) is 2. The number of halogens is 1. The summed E-state index contributed by atoms with van der Waals surface area (Å²) in [7, 11) is 0. The fourth-order valence-corrected chi connectivity index (χ4v) is 3.50. The highest BCUT2D eigenvalue weighted by atomic mass is 35.5. The first-order valence-electron chi connectivity index (χ1n) is 8.86. The van der Waals surface area contributed by atoms with Gasteiger partial charge in [-0.1, -0.05) is 36.6 Å². The maximum absolute atomic E-state index is 12.8. The van der Waals surface area contributed by atoms with E-state index < -0.39 is 5.54 Å². The lowest BCUT2D eigenvalue weighted by molar-refractivity contribution is -0.127. The molecular weight excluding hydrogens is 350 g/mol. The second-order valence-corrected chi connectivity index (χ2v) is 7.01. The molecule has 3 rings (SSSR count). The van der Waals surface area contributed by atoms with E-state index >= 15 is 0 Å². The van der Waals surface area contributed by atoms with Gasteiger partial charge < -0.3 is 10.6 Å². The molecule has 2 aromatic rings. The van der Waals surface area contributed by atoms with Crippen LogP contribution < -0.4 is 10.6 Å². The van der Waals surface area contributed by atoms with E-state index in [1.807, 2.05) is 19.1 Å². The molecule has 1 saturated carbocycles. The third-order valence-corrected chi connectivity index (χ3v) is 5.01. The van der Waals surface area contributed by atoms with E-state index in [1.165, 1.54) is 6.20 Å². The van der Waals surface area contributed by atoms with Gasteiger partial charge in [-0.15, -0.1) is 0 Å². The summed E-state index contributed by atoms with van der Waals surface area (Å²) < 4.78 is 0. The van der Waals surface area contributed by atoms with Gasteiger partial charge in [0.15, 0.2) is 0 Å². The Bertz CT molecular complexity index is 799. The van der Waals surface area contributed by atoms with Crippen molar-refractivity contribution in [2.24, 2.45) is 0 Å². The van der Waals surface area contributed by atoms with Crippen molar-refractivity contribution in [2.75, 3.05) is 6.54 Å². The molecule has 1 fully saturated rings. The number of aromatic nitrogens is 1. The first-order chi connectivity index (χ1) is 12.5. The average Bonchev–Trinajstić information content (AvgIpc) is 3.12. The summed E-state index contributed by atoms with van der Waals surface area (Å²) in [6, 6.07) is 9.15. The van der Waals surface area contributed by atoms with Gasteiger partial charge in [-0.05, 0) is 43.5 Å². The average molecular weight is 372 g/mol. The molecule has 1 aromatic heterocycles. The van der Waals surface area contributed by atoms with Gasteiger partial charge in [-0.3, -0.25) is 14.6 Å². The molecule has 1 heterocycles. The zero-order valence-electron chi connectivity index (χ0n) is 14.7. The van der Waals surface area contributed by atoms with E-state index in [0.29, 0.717) is 30.0 Å². The molecule has 0 unspecified atom stereocenters. The highest BCUT2D eigenvalue weighted by Crippen LogP contribution is 2.30. The van der Waals surface area contributed by atoms with Crippen LogP contribution in [-0.2, 0) is 4.79 Å². The van der Waals surface area contributed by atoms with E-state index in [-0.39, 0.29) is 11.8 Å². The summed E-state index contributed by atoms with van der Waals surface area (Å²) in [4.78, 5) is 29.5. The molecule has 2 amide bonds. The second-order valence-electron chi connectivity index (χ2n) is 6.57. The van der Waals surface area contributed by atoms with Gasteiger partial charge in [0.2, 0.25) is 5.91 Å². The van der Waals surface area contributed by atoms with Crippen LogP contribution >= 0.6 is 11.6 Å². The molecule has 2 N–H and O–H groups in total. The molecule has 26 heavy (non-hydrogen) atoms. The van der Waals surface area contributed by atoms with Gasteiger partial charge >= 0.3 is 0 Å². The fourth-order valence-electron chi connectivity index (χ4n) is 3.37. The Morgan fingerprint density at radius 2 is 1.81 bits per heavy atom. The normalized spacial score (nSPS) is 15.5. The van der Waals surface area contributed by atoms with Crippen molar-refractivity contribution in [2.45, 2.75) is 38.1 Å². The Labute approximate surface area is 158 Å². The number of benzene rings is 1. The maximum Gasteiger partial charge on any atom is 0.253 e. The first-order valence-corrected chi connectivity index (χ1v) is 9.24. The fraction of sp³-hybridized carbons (Fsp3) is 0.350. The van der Waals surface area contributed by atoms with Crippen molar-refractivity contribution in [1.82, 2.24) is 15.6 Å². The van der Waals surface area contributed by atoms with Crippen molar-refractivity contribution in [3.8, 4) is 11.1 Å². The molecule has 136 valence electrons. The predicted molar refractivity (Wildman–Crippen MR) is 102 cm³/mol. The molecular formula is C20H22ClN3O2. The van der Waals surface area contributed by atoms with Gasteiger partial charge in [0, 0.05) is 29.5 Å². The molecule has 0 bridgehead atoms. The standard InChI is InChI=1S/C20H22ClN3O2/c1-2-23-19(26)20(9-3-4-10-20)24-18(25)16-11-15(12-22-13-16)14-5-7-17(21)8-6-14/h5-8,11-13H,2-4,9-10H2,1H3,(H,23,26)(H,24,25). The lowest BCUT2D eigenvalue weighted by Gasteiger charge is -2.28. The second kappa shape index (κ2) is 7.87. The smallest absolute Gasteiger partial charge is 0.253 e. The van der Waals surface area contributed by atoms with Crippen LogP contribution in [0.4, 0.5) is 0 Å². The van der Waals surface area contributed by atoms with Gasteiger partial charge in [-0.2, -0.15) is 0 Å². The van der Waals surface area contributed by atoms with Crippen LogP contribution in [0.25, 0.3) is 11.1 Å². The summed E-state index contributed by atoms with van der Waals surface area (Å²) in [6.45, 7) is 2.42. The van der Waals surface area contributed by atoms with Crippen LogP contribution in [0, 0.1) is 0 Å². The van der Waals surface area contributed by atoms with Crippen molar-refractivity contribution in [3.05, 3.63) is 53.3 Å². The molecule has 1 aromatic carbocycles. The molecule has 5 nitrogen and oxygen atoms in total. The Hall–Kier alpha value is -2.40. The Morgan fingerprint density at radius 3 is 2.46 bits per heavy atom. The number of carbonyl (C=O) groups is 2. The summed E-state index contributed by atoms with van der Waals surface area (Å²) in [5.74, 6) is -0.380. The zero-order valence-corrected chi connectivity index (χ0v) is 15.5. The van der Waals surface area contributed by atoms with Crippen LogP contribution in [-0.4, -0.2) is 28.9 Å². The Balaban J connectivity index is 1.82.